The minimum Gasteiger partial charge on any atom is -0.496 e. The van der Waals surface area contributed by atoms with Crippen LogP contribution >= 0.6 is 11.6 Å². The molecule has 0 bridgehead atoms. The zero-order valence-corrected chi connectivity index (χ0v) is 18.4. The van der Waals surface area contributed by atoms with Gasteiger partial charge in [-0.1, -0.05) is 28.9 Å². The predicted octanol–water partition coefficient (Wildman–Crippen LogP) is 4.87. The number of nitrogens with zero attached hydrogens (tertiary/aromatic N) is 4. The summed E-state index contributed by atoms with van der Waals surface area (Å²) in [6.45, 7) is 4.91. The Morgan fingerprint density at radius 1 is 1.03 bits per heavy atom. The van der Waals surface area contributed by atoms with Crippen molar-refractivity contribution in [1.82, 2.24) is 15.4 Å². The molecule has 0 unspecified atom stereocenters. The lowest BCUT2D eigenvalue weighted by Gasteiger charge is -2.29. The number of anilines is 1. The lowest BCUT2D eigenvalue weighted by atomic mass is 10.1. The molecule has 2 aromatic carbocycles. The normalized spacial score (nSPS) is 14.0. The number of ether oxygens (including phenoxy) is 2. The molecule has 1 aliphatic rings. The molecule has 1 aliphatic heterocycles. The van der Waals surface area contributed by atoms with E-state index in [-0.39, 0.29) is 0 Å². The second kappa shape index (κ2) is 8.64. The molecule has 0 saturated carbocycles. The van der Waals surface area contributed by atoms with Gasteiger partial charge in [0.05, 0.1) is 25.9 Å². The number of hydrogen-bond acceptors (Lipinski definition) is 8. The first-order valence-electron chi connectivity index (χ1n) is 10.2. The summed E-state index contributed by atoms with van der Waals surface area (Å²) >= 11 is 6.15. The first-order valence-corrected chi connectivity index (χ1v) is 10.6. The average Bonchev–Trinajstić information content (AvgIpc) is 3.45. The van der Waals surface area contributed by atoms with Crippen LogP contribution < -0.4 is 9.64 Å². The quantitative estimate of drug-likeness (QED) is 0.424. The van der Waals surface area contributed by atoms with Gasteiger partial charge in [-0.2, -0.15) is 0 Å². The minimum atomic E-state index is 0.313. The van der Waals surface area contributed by atoms with Crippen LogP contribution in [-0.4, -0.2) is 48.8 Å². The fraction of sp³-hybridized carbons (Fsp3) is 0.261. The summed E-state index contributed by atoms with van der Waals surface area (Å²) in [5.74, 6) is 1.89. The Morgan fingerprint density at radius 3 is 2.62 bits per heavy atom. The smallest absolute Gasteiger partial charge is 0.254 e. The zero-order valence-electron chi connectivity index (χ0n) is 17.7. The molecule has 0 radical (unpaired) electrons. The van der Waals surface area contributed by atoms with Crippen molar-refractivity contribution in [3.63, 3.8) is 0 Å². The fourth-order valence-corrected chi connectivity index (χ4v) is 3.96. The number of halogens is 1. The van der Waals surface area contributed by atoms with E-state index in [1.807, 2.05) is 36.4 Å². The molecule has 0 amide bonds. The van der Waals surface area contributed by atoms with Gasteiger partial charge in [0.2, 0.25) is 0 Å². The van der Waals surface area contributed by atoms with E-state index in [0.717, 1.165) is 24.3 Å². The summed E-state index contributed by atoms with van der Waals surface area (Å²) in [5.41, 5.74) is 3.80. The van der Waals surface area contributed by atoms with Crippen LogP contribution in [0.3, 0.4) is 0 Å². The molecule has 164 valence electrons. The summed E-state index contributed by atoms with van der Waals surface area (Å²) in [6, 6.07) is 13.3. The summed E-state index contributed by atoms with van der Waals surface area (Å²) in [4.78, 5) is 2.26. The van der Waals surface area contributed by atoms with Gasteiger partial charge in [-0.3, -0.25) is 0 Å². The van der Waals surface area contributed by atoms with Gasteiger partial charge in [0.1, 0.15) is 22.8 Å². The number of rotatable bonds is 5. The lowest BCUT2D eigenvalue weighted by molar-refractivity contribution is 0.122. The molecule has 32 heavy (non-hydrogen) atoms. The predicted molar refractivity (Wildman–Crippen MR) is 120 cm³/mol. The maximum absolute atomic E-state index is 6.15. The Labute approximate surface area is 189 Å². The van der Waals surface area contributed by atoms with E-state index in [2.05, 4.69) is 20.3 Å². The van der Waals surface area contributed by atoms with Crippen LogP contribution in [0.4, 0.5) is 5.69 Å². The Morgan fingerprint density at radius 2 is 1.84 bits per heavy atom. The number of morpholine rings is 1. The van der Waals surface area contributed by atoms with E-state index in [1.165, 1.54) is 0 Å². The maximum Gasteiger partial charge on any atom is 0.254 e. The zero-order chi connectivity index (χ0) is 22.1. The third-order valence-electron chi connectivity index (χ3n) is 5.39. The Hall–Kier alpha value is -3.36. The molecule has 3 heterocycles. The van der Waals surface area contributed by atoms with Gasteiger partial charge in [-0.05, 0) is 31.2 Å². The van der Waals surface area contributed by atoms with Gasteiger partial charge in [0.15, 0.2) is 0 Å². The van der Waals surface area contributed by atoms with Gasteiger partial charge >= 0.3 is 0 Å². The molecule has 0 aliphatic carbocycles. The Kier molecular flexibility index (Phi) is 5.55. The number of aromatic nitrogens is 3. The molecule has 9 heteroatoms. The van der Waals surface area contributed by atoms with Crippen LogP contribution in [0.15, 0.2) is 51.4 Å². The SMILES string of the molecule is COc1cc(N2CCOCC2)ccc1-c1nnc(-c2c(-c3cccc(Cl)c3)noc2C)o1. The molecule has 4 aromatic rings. The van der Waals surface area contributed by atoms with Crippen molar-refractivity contribution >= 4 is 17.3 Å². The van der Waals surface area contributed by atoms with Gasteiger partial charge < -0.3 is 23.3 Å². The summed E-state index contributed by atoms with van der Waals surface area (Å²) in [6.07, 6.45) is 0. The maximum atomic E-state index is 6.15. The highest BCUT2D eigenvalue weighted by atomic mass is 35.5. The third-order valence-corrected chi connectivity index (χ3v) is 5.63. The first kappa shape index (κ1) is 20.5. The van der Waals surface area contributed by atoms with Crippen LogP contribution in [0.25, 0.3) is 34.2 Å². The molecule has 0 N–H and O–H groups in total. The summed E-state index contributed by atoms with van der Waals surface area (Å²) < 4.78 is 22.5. The number of methoxy groups -OCH3 is 1. The molecule has 2 aromatic heterocycles. The fourth-order valence-electron chi connectivity index (χ4n) is 3.76. The molecule has 8 nitrogen and oxygen atoms in total. The highest BCUT2D eigenvalue weighted by molar-refractivity contribution is 6.30. The summed E-state index contributed by atoms with van der Waals surface area (Å²) in [7, 11) is 1.63. The molecular formula is C23H21ClN4O4. The second-order valence-corrected chi connectivity index (χ2v) is 7.81. The van der Waals surface area contributed by atoms with Crippen molar-refractivity contribution in [1.29, 1.82) is 0 Å². The van der Waals surface area contributed by atoms with Crippen LogP contribution in [0.5, 0.6) is 5.75 Å². The van der Waals surface area contributed by atoms with Gasteiger partial charge in [-0.15, -0.1) is 10.2 Å². The second-order valence-electron chi connectivity index (χ2n) is 7.37. The van der Waals surface area contributed by atoms with Gasteiger partial charge in [-0.25, -0.2) is 0 Å². The van der Waals surface area contributed by atoms with E-state index in [4.69, 9.17) is 30.0 Å². The van der Waals surface area contributed by atoms with Crippen LogP contribution in [0, 0.1) is 6.92 Å². The van der Waals surface area contributed by atoms with Crippen molar-refractivity contribution in [3.8, 4) is 39.9 Å². The molecule has 0 atom stereocenters. The minimum absolute atomic E-state index is 0.313. The standard InChI is InChI=1S/C23H21ClN4O4/c1-14-20(21(27-32-14)15-4-3-5-16(24)12-15)23-26-25-22(31-23)18-7-6-17(13-19(18)29-2)28-8-10-30-11-9-28/h3-7,12-13H,8-11H2,1-2H3. The number of hydrogen-bond donors (Lipinski definition) is 0. The topological polar surface area (TPSA) is 86.7 Å². The van der Waals surface area contributed by atoms with E-state index >= 15 is 0 Å². The molecule has 0 spiro atoms. The van der Waals surface area contributed by atoms with Crippen LogP contribution in [0.2, 0.25) is 5.02 Å². The van der Waals surface area contributed by atoms with Crippen molar-refractivity contribution in [2.45, 2.75) is 6.92 Å². The third kappa shape index (κ3) is 3.83. The Balaban J connectivity index is 1.50. The van der Waals surface area contributed by atoms with E-state index in [9.17, 15) is 0 Å². The Bertz CT molecular complexity index is 1250. The molecule has 1 fully saturated rings. The van der Waals surface area contributed by atoms with Gasteiger partial charge in [0, 0.05) is 35.4 Å². The summed E-state index contributed by atoms with van der Waals surface area (Å²) in [5, 5.41) is 13.3. The molecule has 1 saturated heterocycles. The average molecular weight is 453 g/mol. The van der Waals surface area contributed by atoms with Crippen LogP contribution in [-0.2, 0) is 4.74 Å². The number of aryl methyl sites for hydroxylation is 1. The lowest BCUT2D eigenvalue weighted by Crippen LogP contribution is -2.36. The monoisotopic (exact) mass is 452 g/mol. The van der Waals surface area contributed by atoms with Crippen molar-refractivity contribution < 1.29 is 18.4 Å². The van der Waals surface area contributed by atoms with E-state index in [1.54, 1.807) is 20.1 Å². The van der Waals surface area contributed by atoms with E-state index < -0.39 is 0 Å². The highest BCUT2D eigenvalue weighted by Gasteiger charge is 2.24. The van der Waals surface area contributed by atoms with E-state index in [0.29, 0.717) is 58.3 Å². The highest BCUT2D eigenvalue weighted by Crippen LogP contribution is 2.38. The largest absolute Gasteiger partial charge is 0.496 e. The van der Waals surface area contributed by atoms with Gasteiger partial charge in [0.25, 0.3) is 11.8 Å². The van der Waals surface area contributed by atoms with Crippen molar-refractivity contribution in [2.75, 3.05) is 38.3 Å². The number of benzene rings is 2. The van der Waals surface area contributed by atoms with Crippen LogP contribution in [0.1, 0.15) is 5.76 Å². The van der Waals surface area contributed by atoms with Crippen molar-refractivity contribution in [3.05, 3.63) is 53.2 Å². The molecular weight excluding hydrogens is 432 g/mol. The first-order chi connectivity index (χ1) is 15.6. The molecule has 5 rings (SSSR count). The van der Waals surface area contributed by atoms with Crippen molar-refractivity contribution in [2.24, 2.45) is 0 Å².